The number of halogens is 2. The first kappa shape index (κ1) is 30.3. The third-order valence-corrected chi connectivity index (χ3v) is 9.40. The van der Waals surface area contributed by atoms with Crippen molar-refractivity contribution in [3.8, 4) is 0 Å². The Morgan fingerprint density at radius 3 is 2.58 bits per heavy atom. The number of rotatable bonds is 7. The molecule has 1 aliphatic rings. The van der Waals surface area contributed by atoms with E-state index in [2.05, 4.69) is 31.1 Å². The summed E-state index contributed by atoms with van der Waals surface area (Å²) < 4.78 is 32.2. The van der Waals surface area contributed by atoms with Gasteiger partial charge in [-0.3, -0.25) is 14.3 Å². The zero-order valence-corrected chi connectivity index (χ0v) is 25.9. The summed E-state index contributed by atoms with van der Waals surface area (Å²) in [6.07, 6.45) is 0.322. The van der Waals surface area contributed by atoms with Crippen LogP contribution in [0.25, 0.3) is 10.9 Å². The smallest absolute Gasteiger partial charge is 0.407 e. The molecule has 10 nitrogen and oxygen atoms in total. The van der Waals surface area contributed by atoms with Crippen LogP contribution in [0.1, 0.15) is 45.2 Å². The Kier molecular flexibility index (Phi) is 8.84. The summed E-state index contributed by atoms with van der Waals surface area (Å²) in [5.41, 5.74) is -0.274. The lowest BCUT2D eigenvalue weighted by Crippen LogP contribution is -2.40. The van der Waals surface area contributed by atoms with Crippen LogP contribution < -0.4 is 16.6 Å². The maximum Gasteiger partial charge on any atom is 0.407 e. The number of fused-ring (bicyclic) bond motifs is 1. The van der Waals surface area contributed by atoms with E-state index in [0.717, 1.165) is 23.1 Å². The van der Waals surface area contributed by atoms with Gasteiger partial charge in [0.1, 0.15) is 5.60 Å². The second-order valence-electron chi connectivity index (χ2n) is 10.8. The van der Waals surface area contributed by atoms with Crippen LogP contribution in [0.5, 0.6) is 0 Å². The lowest BCUT2D eigenvalue weighted by molar-refractivity contribution is 0.0505. The molecule has 0 bridgehead atoms. The van der Waals surface area contributed by atoms with Gasteiger partial charge in [0.2, 0.25) is 0 Å². The number of hydrogen-bond acceptors (Lipinski definition) is 7. The van der Waals surface area contributed by atoms with E-state index in [-0.39, 0.29) is 34.2 Å². The molecular weight excluding hydrogens is 624 g/mol. The Bertz CT molecular complexity index is 1680. The number of alkyl carbamates (subject to hydrolysis) is 1. The summed E-state index contributed by atoms with van der Waals surface area (Å²) in [5, 5.41) is 3.48. The van der Waals surface area contributed by atoms with Crippen LogP contribution in [-0.4, -0.2) is 59.4 Å². The number of nitrogens with one attached hydrogen (secondary N) is 2. The minimum atomic E-state index is -3.61. The van der Waals surface area contributed by atoms with Gasteiger partial charge in [0.25, 0.3) is 5.56 Å². The quantitative estimate of drug-likeness (QED) is 0.393. The highest BCUT2D eigenvalue weighted by Gasteiger charge is 2.27. The molecule has 4 rings (SSSR count). The van der Waals surface area contributed by atoms with E-state index >= 15 is 0 Å². The van der Waals surface area contributed by atoms with Gasteiger partial charge in [0.15, 0.2) is 9.84 Å². The van der Waals surface area contributed by atoms with E-state index in [1.807, 2.05) is 20.8 Å². The van der Waals surface area contributed by atoms with Gasteiger partial charge in [-0.2, -0.15) is 0 Å². The van der Waals surface area contributed by atoms with E-state index in [4.69, 9.17) is 16.3 Å². The molecule has 1 atom stereocenters. The van der Waals surface area contributed by atoms with E-state index < -0.39 is 32.8 Å². The van der Waals surface area contributed by atoms with E-state index in [9.17, 15) is 22.8 Å². The molecule has 2 N–H and O–H groups in total. The van der Waals surface area contributed by atoms with Crippen LogP contribution in [0, 0.1) is 0 Å². The van der Waals surface area contributed by atoms with Crippen molar-refractivity contribution in [2.24, 2.45) is 0 Å². The number of likely N-dealkylation sites (tertiary alicyclic amines) is 1. The van der Waals surface area contributed by atoms with E-state index in [1.165, 1.54) is 25.1 Å². The molecule has 0 spiro atoms. The van der Waals surface area contributed by atoms with Crippen molar-refractivity contribution in [2.45, 2.75) is 63.7 Å². The Balaban J connectivity index is 1.58. The zero-order valence-electron chi connectivity index (χ0n) is 22.7. The minimum absolute atomic E-state index is 0.0346. The highest BCUT2D eigenvalue weighted by Crippen LogP contribution is 2.25. The summed E-state index contributed by atoms with van der Waals surface area (Å²) in [5.74, 6) is -0.130. The number of benzene rings is 2. The number of aromatic nitrogens is 2. The average molecular weight is 656 g/mol. The molecule has 0 aliphatic carbocycles. The SMILES string of the molecule is CCS(=O)(=O)c1ccc(Cl)cc1Cn1c(=O)[nH]c2cc(CN3CC[C@@H](NC(=O)OC(C)(C)C)C3)c(Br)cc2c1=O. The van der Waals surface area contributed by atoms with Gasteiger partial charge >= 0.3 is 11.8 Å². The van der Waals surface area contributed by atoms with E-state index in [1.54, 1.807) is 12.1 Å². The molecular formula is C27H32BrClN4O6S. The number of H-pyrrole nitrogens is 1. The number of amides is 1. The zero-order chi connectivity index (χ0) is 29.4. The molecule has 3 aromatic rings. The summed E-state index contributed by atoms with van der Waals surface area (Å²) >= 11 is 9.67. The molecule has 0 saturated carbocycles. The molecule has 1 aromatic heterocycles. The Morgan fingerprint density at radius 1 is 1.18 bits per heavy atom. The normalized spacial score (nSPS) is 16.4. The largest absolute Gasteiger partial charge is 0.444 e. The van der Waals surface area contributed by atoms with Crippen LogP contribution in [-0.2, 0) is 27.7 Å². The van der Waals surface area contributed by atoms with Crippen LogP contribution in [0.3, 0.4) is 0 Å². The number of carbonyl (C=O) groups excluding carboxylic acids is 1. The fraction of sp³-hybridized carbons (Fsp3) is 0.444. The second-order valence-corrected chi connectivity index (χ2v) is 14.4. The third-order valence-electron chi connectivity index (χ3n) is 6.60. The lowest BCUT2D eigenvalue weighted by Gasteiger charge is -2.22. The van der Waals surface area contributed by atoms with Crippen LogP contribution >= 0.6 is 27.5 Å². The van der Waals surface area contributed by atoms with Crippen LogP contribution in [0.2, 0.25) is 5.02 Å². The minimum Gasteiger partial charge on any atom is -0.444 e. The number of hydrogen-bond donors (Lipinski definition) is 2. The maximum atomic E-state index is 13.4. The van der Waals surface area contributed by atoms with Gasteiger partial charge < -0.3 is 15.0 Å². The highest BCUT2D eigenvalue weighted by atomic mass is 79.9. The molecule has 1 fully saturated rings. The number of ether oxygens (including phenoxy) is 1. The van der Waals surface area contributed by atoms with E-state index in [0.29, 0.717) is 28.1 Å². The molecule has 2 aromatic carbocycles. The predicted molar refractivity (Wildman–Crippen MR) is 158 cm³/mol. The Hall–Kier alpha value is -2.67. The molecule has 40 heavy (non-hydrogen) atoms. The Morgan fingerprint density at radius 2 is 1.90 bits per heavy atom. The molecule has 216 valence electrons. The molecule has 1 aliphatic heterocycles. The maximum absolute atomic E-state index is 13.4. The van der Waals surface area contributed by atoms with Crippen molar-refractivity contribution >= 4 is 54.4 Å². The molecule has 0 radical (unpaired) electrons. The second kappa shape index (κ2) is 11.7. The van der Waals surface area contributed by atoms with Crippen molar-refractivity contribution in [2.75, 3.05) is 18.8 Å². The first-order chi connectivity index (χ1) is 18.7. The number of sulfone groups is 1. The molecule has 2 heterocycles. The van der Waals surface area contributed by atoms with Crippen molar-refractivity contribution in [3.05, 3.63) is 71.8 Å². The first-order valence-electron chi connectivity index (χ1n) is 12.8. The first-order valence-corrected chi connectivity index (χ1v) is 15.7. The summed E-state index contributed by atoms with van der Waals surface area (Å²) in [6, 6.07) is 7.69. The van der Waals surface area contributed by atoms with Gasteiger partial charge in [-0.15, -0.1) is 0 Å². The van der Waals surface area contributed by atoms with Crippen LogP contribution in [0.4, 0.5) is 4.79 Å². The van der Waals surface area contributed by atoms with Crippen LogP contribution in [0.15, 0.2) is 49.3 Å². The van der Waals surface area contributed by atoms with Crippen molar-refractivity contribution in [3.63, 3.8) is 0 Å². The number of carbonyl (C=O) groups is 1. The topological polar surface area (TPSA) is 131 Å². The molecule has 1 amide bonds. The average Bonchev–Trinajstić information content (AvgIpc) is 3.28. The fourth-order valence-electron chi connectivity index (χ4n) is 4.69. The van der Waals surface area contributed by atoms with Gasteiger partial charge in [-0.1, -0.05) is 34.5 Å². The van der Waals surface area contributed by atoms with Gasteiger partial charge in [-0.05, 0) is 68.7 Å². The summed E-state index contributed by atoms with van der Waals surface area (Å²) in [6.45, 7) is 8.64. The number of nitrogens with zero attached hydrogens (tertiary/aromatic N) is 2. The molecule has 13 heteroatoms. The fourth-order valence-corrected chi connectivity index (χ4v) is 6.47. The summed E-state index contributed by atoms with van der Waals surface area (Å²) in [4.78, 5) is 43.5. The highest BCUT2D eigenvalue weighted by molar-refractivity contribution is 9.10. The Labute approximate surface area is 245 Å². The van der Waals surface area contributed by atoms with Gasteiger partial charge in [-0.25, -0.2) is 18.0 Å². The standard InChI is InChI=1S/C27H32BrClN4O6S/c1-5-40(37,38)23-7-6-18(29)10-17(23)14-33-24(34)20-12-21(28)16(11-22(20)31-25(33)35)13-32-9-8-19(15-32)30-26(36)39-27(2,3)4/h6-7,10-12,19H,5,8-9,13-15H2,1-4H3,(H,30,36)(H,31,35)/t19-/m1/s1. The molecule has 1 saturated heterocycles. The number of aromatic amines is 1. The lowest BCUT2D eigenvalue weighted by atomic mass is 10.1. The summed E-state index contributed by atoms with van der Waals surface area (Å²) in [7, 11) is -3.61. The van der Waals surface area contributed by atoms with Crippen molar-refractivity contribution in [1.29, 1.82) is 0 Å². The van der Waals surface area contributed by atoms with Crippen molar-refractivity contribution in [1.82, 2.24) is 19.8 Å². The predicted octanol–water partition coefficient (Wildman–Crippen LogP) is 4.05. The monoisotopic (exact) mass is 654 g/mol. The van der Waals surface area contributed by atoms with Crippen molar-refractivity contribution < 1.29 is 17.9 Å². The third kappa shape index (κ3) is 6.96. The van der Waals surface area contributed by atoms with Gasteiger partial charge in [0, 0.05) is 35.2 Å². The molecule has 0 unspecified atom stereocenters. The van der Waals surface area contributed by atoms with Gasteiger partial charge in [0.05, 0.1) is 28.1 Å².